The Bertz CT molecular complexity index is 525. The molecule has 2 N–H and O–H groups in total. The molecule has 100 valence electrons. The highest BCUT2D eigenvalue weighted by Crippen LogP contribution is 2.33. The second-order valence-corrected chi connectivity index (χ2v) is 4.62. The molecule has 1 saturated carbocycles. The van der Waals surface area contributed by atoms with Gasteiger partial charge in [-0.25, -0.2) is 4.79 Å². The first-order valence-corrected chi connectivity index (χ1v) is 6.27. The zero-order valence-corrected chi connectivity index (χ0v) is 10.7. The summed E-state index contributed by atoms with van der Waals surface area (Å²) in [5.74, 6) is -0.652. The van der Waals surface area contributed by atoms with Gasteiger partial charge in [0, 0.05) is 35.6 Å². The maximum Gasteiger partial charge on any atom is 0.328 e. The fraction of sp³-hybridized carbons (Fsp3) is 0.357. The van der Waals surface area contributed by atoms with Gasteiger partial charge in [-0.15, -0.1) is 0 Å². The molecule has 1 heterocycles. The number of hydrogen-bond donors (Lipinski definition) is 2. The summed E-state index contributed by atoms with van der Waals surface area (Å²) >= 11 is 0. The van der Waals surface area contributed by atoms with Crippen molar-refractivity contribution < 1.29 is 14.7 Å². The summed E-state index contributed by atoms with van der Waals surface area (Å²) in [4.78, 5) is 26.5. The van der Waals surface area contributed by atoms with Crippen molar-refractivity contribution in [3.8, 4) is 0 Å². The number of rotatable bonds is 5. The Morgan fingerprint density at radius 3 is 3.00 bits per heavy atom. The van der Waals surface area contributed by atoms with Crippen LogP contribution in [0.4, 0.5) is 0 Å². The maximum atomic E-state index is 12.1. The molecule has 1 aromatic rings. The standard InChI is InChI=1S/C14H16N2O3/c1-2-9-7-12(9)16-14(19)11-5-6-15-8-10(11)3-4-13(17)18/h3-6,8-9,12H,2,7H2,1H3,(H,16,19)(H,17,18)/b4-3+. The van der Waals surface area contributed by atoms with Crippen molar-refractivity contribution in [1.82, 2.24) is 10.3 Å². The van der Waals surface area contributed by atoms with Gasteiger partial charge >= 0.3 is 5.97 Å². The molecule has 1 fully saturated rings. The Morgan fingerprint density at radius 2 is 2.37 bits per heavy atom. The van der Waals surface area contributed by atoms with E-state index in [4.69, 9.17) is 5.11 Å². The highest BCUT2D eigenvalue weighted by atomic mass is 16.4. The fourth-order valence-electron chi connectivity index (χ4n) is 2.03. The van der Waals surface area contributed by atoms with E-state index in [-0.39, 0.29) is 11.9 Å². The van der Waals surface area contributed by atoms with E-state index < -0.39 is 5.97 Å². The molecular weight excluding hydrogens is 244 g/mol. The number of nitrogens with zero attached hydrogens (tertiary/aromatic N) is 1. The highest BCUT2D eigenvalue weighted by Gasteiger charge is 2.36. The molecule has 5 heteroatoms. The van der Waals surface area contributed by atoms with E-state index in [1.54, 1.807) is 6.07 Å². The Kier molecular flexibility index (Phi) is 3.94. The molecule has 0 saturated heterocycles. The average molecular weight is 260 g/mol. The fourth-order valence-corrected chi connectivity index (χ4v) is 2.03. The number of pyridine rings is 1. The SMILES string of the molecule is CCC1CC1NC(=O)c1ccncc1/C=C/C(=O)O. The number of carbonyl (C=O) groups is 2. The molecule has 0 radical (unpaired) electrons. The van der Waals surface area contributed by atoms with E-state index in [1.165, 1.54) is 18.5 Å². The van der Waals surface area contributed by atoms with E-state index >= 15 is 0 Å². The van der Waals surface area contributed by atoms with E-state index in [0.717, 1.165) is 18.9 Å². The predicted molar refractivity (Wildman–Crippen MR) is 70.6 cm³/mol. The quantitative estimate of drug-likeness (QED) is 0.790. The summed E-state index contributed by atoms with van der Waals surface area (Å²) in [6.45, 7) is 2.10. The molecule has 2 atom stereocenters. The number of aromatic nitrogens is 1. The van der Waals surface area contributed by atoms with Gasteiger partial charge in [-0.1, -0.05) is 13.3 Å². The molecule has 1 amide bonds. The van der Waals surface area contributed by atoms with Crippen LogP contribution >= 0.6 is 0 Å². The van der Waals surface area contributed by atoms with Crippen LogP contribution in [0.2, 0.25) is 0 Å². The Balaban J connectivity index is 2.10. The van der Waals surface area contributed by atoms with Gasteiger partial charge in [0.05, 0.1) is 0 Å². The smallest absolute Gasteiger partial charge is 0.328 e. The maximum absolute atomic E-state index is 12.1. The molecule has 0 bridgehead atoms. The zero-order chi connectivity index (χ0) is 13.8. The van der Waals surface area contributed by atoms with Crippen molar-refractivity contribution in [1.29, 1.82) is 0 Å². The molecule has 0 aromatic carbocycles. The molecule has 2 unspecified atom stereocenters. The second kappa shape index (κ2) is 5.65. The summed E-state index contributed by atoms with van der Waals surface area (Å²) < 4.78 is 0. The third-order valence-electron chi connectivity index (χ3n) is 3.27. The molecule has 1 aliphatic rings. The summed E-state index contributed by atoms with van der Waals surface area (Å²) in [6, 6.07) is 1.85. The molecule has 1 aliphatic carbocycles. The van der Waals surface area contributed by atoms with Crippen molar-refractivity contribution >= 4 is 18.0 Å². The molecular formula is C14H16N2O3. The Labute approximate surface area is 111 Å². The van der Waals surface area contributed by atoms with Crippen LogP contribution in [0.25, 0.3) is 6.08 Å². The van der Waals surface area contributed by atoms with Gasteiger partial charge in [0.1, 0.15) is 0 Å². The normalized spacial score (nSPS) is 21.3. The van der Waals surface area contributed by atoms with Crippen LogP contribution < -0.4 is 5.32 Å². The van der Waals surface area contributed by atoms with Crippen LogP contribution in [0.5, 0.6) is 0 Å². The van der Waals surface area contributed by atoms with Gasteiger partial charge in [-0.2, -0.15) is 0 Å². The van der Waals surface area contributed by atoms with Crippen molar-refractivity contribution in [2.45, 2.75) is 25.8 Å². The van der Waals surface area contributed by atoms with Crippen molar-refractivity contribution in [2.24, 2.45) is 5.92 Å². The molecule has 1 aromatic heterocycles. The van der Waals surface area contributed by atoms with Crippen LogP contribution in [0.3, 0.4) is 0 Å². The first-order chi connectivity index (χ1) is 9.11. The zero-order valence-electron chi connectivity index (χ0n) is 10.7. The first-order valence-electron chi connectivity index (χ1n) is 6.27. The van der Waals surface area contributed by atoms with Gasteiger partial charge in [0.25, 0.3) is 5.91 Å². The van der Waals surface area contributed by atoms with Gasteiger partial charge < -0.3 is 10.4 Å². The van der Waals surface area contributed by atoms with Crippen molar-refractivity contribution in [2.75, 3.05) is 0 Å². The third kappa shape index (κ3) is 3.40. The van der Waals surface area contributed by atoms with Gasteiger partial charge in [0.15, 0.2) is 0 Å². The number of carbonyl (C=O) groups excluding carboxylic acids is 1. The van der Waals surface area contributed by atoms with Crippen molar-refractivity contribution in [3.63, 3.8) is 0 Å². The molecule has 2 rings (SSSR count). The number of carboxylic acid groups (broad SMARTS) is 1. The third-order valence-corrected chi connectivity index (χ3v) is 3.27. The number of nitrogens with one attached hydrogen (secondary N) is 1. The lowest BCUT2D eigenvalue weighted by molar-refractivity contribution is -0.131. The lowest BCUT2D eigenvalue weighted by Gasteiger charge is -2.06. The molecule has 0 spiro atoms. The molecule has 19 heavy (non-hydrogen) atoms. The number of aliphatic carboxylic acids is 1. The van der Waals surface area contributed by atoms with Crippen LogP contribution in [0.1, 0.15) is 35.7 Å². The highest BCUT2D eigenvalue weighted by molar-refractivity contribution is 5.99. The minimum absolute atomic E-state index is 0.173. The van der Waals surface area contributed by atoms with Crippen LogP contribution in [0, 0.1) is 5.92 Å². The van der Waals surface area contributed by atoms with Crippen LogP contribution in [-0.4, -0.2) is 28.0 Å². The van der Waals surface area contributed by atoms with Gasteiger partial charge in [-0.3, -0.25) is 9.78 Å². The van der Waals surface area contributed by atoms with E-state index in [9.17, 15) is 9.59 Å². The summed E-state index contributed by atoms with van der Waals surface area (Å²) in [5.41, 5.74) is 0.963. The largest absolute Gasteiger partial charge is 0.478 e. The lowest BCUT2D eigenvalue weighted by atomic mass is 10.1. The first kappa shape index (κ1) is 13.3. The summed E-state index contributed by atoms with van der Waals surface area (Å²) in [7, 11) is 0. The van der Waals surface area contributed by atoms with Crippen LogP contribution in [0.15, 0.2) is 24.5 Å². The summed E-state index contributed by atoms with van der Waals surface area (Å²) in [6.07, 6.45) is 7.48. The van der Waals surface area contributed by atoms with E-state index in [1.807, 2.05) is 0 Å². The predicted octanol–water partition coefficient (Wildman–Crippen LogP) is 1.71. The van der Waals surface area contributed by atoms with Crippen molar-refractivity contribution in [3.05, 3.63) is 35.7 Å². The van der Waals surface area contributed by atoms with Crippen LogP contribution in [-0.2, 0) is 4.79 Å². The number of amides is 1. The van der Waals surface area contributed by atoms with E-state index in [0.29, 0.717) is 17.0 Å². The van der Waals surface area contributed by atoms with Gasteiger partial charge in [-0.05, 0) is 24.5 Å². The minimum Gasteiger partial charge on any atom is -0.478 e. The van der Waals surface area contributed by atoms with Gasteiger partial charge in [0.2, 0.25) is 0 Å². The average Bonchev–Trinajstić information content (AvgIpc) is 3.15. The minimum atomic E-state index is -1.05. The second-order valence-electron chi connectivity index (χ2n) is 4.62. The lowest BCUT2D eigenvalue weighted by Crippen LogP contribution is -2.27. The van der Waals surface area contributed by atoms with E-state index in [2.05, 4.69) is 17.2 Å². The topological polar surface area (TPSA) is 79.3 Å². The molecule has 0 aliphatic heterocycles. The Hall–Kier alpha value is -2.17. The molecule has 5 nitrogen and oxygen atoms in total. The number of hydrogen-bond acceptors (Lipinski definition) is 3. The summed E-state index contributed by atoms with van der Waals surface area (Å²) in [5, 5.41) is 11.6. The monoisotopic (exact) mass is 260 g/mol. The number of carboxylic acids is 1. The Morgan fingerprint density at radius 1 is 1.58 bits per heavy atom.